The highest BCUT2D eigenvalue weighted by molar-refractivity contribution is 6.02. The molecular weight excluding hydrogens is 246 g/mol. The minimum absolute atomic E-state index is 0.0734. The van der Waals surface area contributed by atoms with E-state index < -0.39 is 11.9 Å². The van der Waals surface area contributed by atoms with Crippen molar-refractivity contribution in [1.82, 2.24) is 15.3 Å². The number of carboxylic acid groups (broad SMARTS) is 1. The SMILES string of the molecule is CC(NC(=O)c1nc[nH]c1C(=O)O)C1=CCCCC1. The van der Waals surface area contributed by atoms with Crippen LogP contribution < -0.4 is 5.32 Å². The van der Waals surface area contributed by atoms with E-state index in [1.165, 1.54) is 18.3 Å². The number of hydrogen-bond donors (Lipinski definition) is 3. The highest BCUT2D eigenvalue weighted by atomic mass is 16.4. The summed E-state index contributed by atoms with van der Waals surface area (Å²) in [5.41, 5.74) is 0.949. The largest absolute Gasteiger partial charge is 0.477 e. The minimum Gasteiger partial charge on any atom is -0.477 e. The van der Waals surface area contributed by atoms with Crippen molar-refractivity contribution >= 4 is 11.9 Å². The van der Waals surface area contributed by atoms with Crippen LogP contribution in [0.25, 0.3) is 0 Å². The molecule has 1 aliphatic carbocycles. The summed E-state index contributed by atoms with van der Waals surface area (Å²) in [4.78, 5) is 29.1. The van der Waals surface area contributed by atoms with Crippen molar-refractivity contribution < 1.29 is 14.7 Å². The number of hydrogen-bond acceptors (Lipinski definition) is 3. The fraction of sp³-hybridized carbons (Fsp3) is 0.462. The zero-order valence-corrected chi connectivity index (χ0v) is 10.8. The molecule has 6 nitrogen and oxygen atoms in total. The predicted molar refractivity (Wildman–Crippen MR) is 69.0 cm³/mol. The summed E-state index contributed by atoms with van der Waals surface area (Å²) in [7, 11) is 0. The summed E-state index contributed by atoms with van der Waals surface area (Å²) in [6.45, 7) is 1.90. The van der Waals surface area contributed by atoms with E-state index in [0.29, 0.717) is 0 Å². The van der Waals surface area contributed by atoms with Crippen molar-refractivity contribution in [3.05, 3.63) is 29.4 Å². The van der Waals surface area contributed by atoms with E-state index in [4.69, 9.17) is 5.11 Å². The smallest absolute Gasteiger partial charge is 0.354 e. The molecule has 1 unspecified atom stereocenters. The van der Waals surface area contributed by atoms with E-state index in [9.17, 15) is 9.59 Å². The maximum Gasteiger partial charge on any atom is 0.354 e. The van der Waals surface area contributed by atoms with Gasteiger partial charge in [0.1, 0.15) is 0 Å². The molecule has 2 rings (SSSR count). The number of allylic oxidation sites excluding steroid dienone is 1. The van der Waals surface area contributed by atoms with Crippen LogP contribution >= 0.6 is 0 Å². The number of H-pyrrole nitrogens is 1. The molecule has 0 aromatic carbocycles. The summed E-state index contributed by atoms with van der Waals surface area (Å²) in [5.74, 6) is -1.65. The Morgan fingerprint density at radius 2 is 2.26 bits per heavy atom. The van der Waals surface area contributed by atoms with Crippen LogP contribution in [0, 0.1) is 0 Å². The number of carbonyl (C=O) groups excluding carboxylic acids is 1. The maximum atomic E-state index is 12.0. The van der Waals surface area contributed by atoms with E-state index in [2.05, 4.69) is 21.4 Å². The number of carboxylic acids is 1. The molecule has 1 aliphatic rings. The molecule has 0 saturated heterocycles. The molecule has 1 aromatic heterocycles. The van der Waals surface area contributed by atoms with E-state index in [-0.39, 0.29) is 17.4 Å². The Morgan fingerprint density at radius 1 is 1.47 bits per heavy atom. The lowest BCUT2D eigenvalue weighted by Gasteiger charge is -2.20. The molecule has 1 atom stereocenters. The lowest BCUT2D eigenvalue weighted by molar-refractivity contribution is 0.0684. The average molecular weight is 263 g/mol. The van der Waals surface area contributed by atoms with E-state index >= 15 is 0 Å². The van der Waals surface area contributed by atoms with Gasteiger partial charge in [-0.15, -0.1) is 0 Å². The Kier molecular flexibility index (Phi) is 3.99. The number of nitrogens with zero attached hydrogens (tertiary/aromatic N) is 1. The number of nitrogens with one attached hydrogen (secondary N) is 2. The number of aromatic carboxylic acids is 1. The van der Waals surface area contributed by atoms with Crippen molar-refractivity contribution in [2.24, 2.45) is 0 Å². The van der Waals surface area contributed by atoms with Crippen molar-refractivity contribution in [1.29, 1.82) is 0 Å². The molecule has 19 heavy (non-hydrogen) atoms. The number of amides is 1. The number of imidazole rings is 1. The van der Waals surface area contributed by atoms with Crippen LogP contribution in [0.4, 0.5) is 0 Å². The third kappa shape index (κ3) is 3.01. The van der Waals surface area contributed by atoms with Gasteiger partial charge in [0.05, 0.1) is 6.33 Å². The quantitative estimate of drug-likeness (QED) is 0.721. The van der Waals surface area contributed by atoms with Crippen molar-refractivity contribution in [3.63, 3.8) is 0 Å². The Morgan fingerprint density at radius 3 is 2.89 bits per heavy atom. The van der Waals surface area contributed by atoms with Gasteiger partial charge in [0.25, 0.3) is 5.91 Å². The van der Waals surface area contributed by atoms with Gasteiger partial charge in [-0.25, -0.2) is 9.78 Å². The van der Waals surface area contributed by atoms with Crippen LogP contribution in [0.2, 0.25) is 0 Å². The first kappa shape index (κ1) is 13.3. The first-order chi connectivity index (χ1) is 9.09. The van der Waals surface area contributed by atoms with Crippen LogP contribution in [0.1, 0.15) is 53.6 Å². The molecule has 6 heteroatoms. The molecule has 102 valence electrons. The van der Waals surface area contributed by atoms with Gasteiger partial charge in [-0.1, -0.05) is 11.6 Å². The summed E-state index contributed by atoms with van der Waals surface area (Å²) >= 11 is 0. The third-order valence-electron chi connectivity index (χ3n) is 3.30. The molecule has 0 fully saturated rings. The fourth-order valence-corrected chi connectivity index (χ4v) is 2.24. The average Bonchev–Trinajstić information content (AvgIpc) is 2.89. The summed E-state index contributed by atoms with van der Waals surface area (Å²) in [6, 6.07) is -0.0915. The maximum absolute atomic E-state index is 12.0. The van der Waals surface area contributed by atoms with Crippen LogP contribution in [0.5, 0.6) is 0 Å². The molecule has 0 spiro atoms. The lowest BCUT2D eigenvalue weighted by atomic mass is 9.94. The molecule has 0 radical (unpaired) electrons. The van der Waals surface area contributed by atoms with Gasteiger partial charge in [-0.05, 0) is 32.6 Å². The lowest BCUT2D eigenvalue weighted by Crippen LogP contribution is -2.35. The summed E-state index contributed by atoms with van der Waals surface area (Å²) in [5, 5.41) is 11.7. The van der Waals surface area contributed by atoms with Gasteiger partial charge in [0.2, 0.25) is 0 Å². The van der Waals surface area contributed by atoms with Gasteiger partial charge in [-0.3, -0.25) is 4.79 Å². The fourth-order valence-electron chi connectivity index (χ4n) is 2.24. The molecule has 1 aromatic rings. The molecule has 0 saturated carbocycles. The minimum atomic E-state index is -1.19. The molecule has 1 heterocycles. The Labute approximate surface area is 110 Å². The predicted octanol–water partition coefficient (Wildman–Crippen LogP) is 1.73. The van der Waals surface area contributed by atoms with Crippen LogP contribution in [0.15, 0.2) is 18.0 Å². The van der Waals surface area contributed by atoms with Gasteiger partial charge in [0.15, 0.2) is 11.4 Å². The van der Waals surface area contributed by atoms with Crippen LogP contribution in [0.3, 0.4) is 0 Å². The van der Waals surface area contributed by atoms with E-state index in [0.717, 1.165) is 19.3 Å². The summed E-state index contributed by atoms with van der Waals surface area (Å²) < 4.78 is 0. The number of rotatable bonds is 4. The second-order valence-corrected chi connectivity index (χ2v) is 4.65. The second kappa shape index (κ2) is 5.69. The monoisotopic (exact) mass is 263 g/mol. The van der Waals surface area contributed by atoms with Gasteiger partial charge in [-0.2, -0.15) is 0 Å². The standard InChI is InChI=1S/C13H17N3O3/c1-8(9-5-3-2-4-6-9)16-12(17)10-11(13(18)19)15-7-14-10/h5,7-8H,2-4,6H2,1H3,(H,14,15)(H,16,17)(H,18,19). The zero-order valence-electron chi connectivity index (χ0n) is 10.8. The topological polar surface area (TPSA) is 95.1 Å². The Hall–Kier alpha value is -2.11. The highest BCUT2D eigenvalue weighted by Gasteiger charge is 2.22. The van der Waals surface area contributed by atoms with Gasteiger partial charge in [0, 0.05) is 6.04 Å². The van der Waals surface area contributed by atoms with Crippen molar-refractivity contribution in [2.75, 3.05) is 0 Å². The van der Waals surface area contributed by atoms with Crippen LogP contribution in [-0.2, 0) is 0 Å². The van der Waals surface area contributed by atoms with Gasteiger partial charge < -0.3 is 15.4 Å². The molecular formula is C13H17N3O3. The zero-order chi connectivity index (χ0) is 13.8. The Balaban J connectivity index is 2.06. The molecule has 0 bridgehead atoms. The normalized spacial score (nSPS) is 16.6. The first-order valence-electron chi connectivity index (χ1n) is 6.36. The number of aromatic nitrogens is 2. The Bertz CT molecular complexity index is 519. The van der Waals surface area contributed by atoms with Crippen molar-refractivity contribution in [2.45, 2.75) is 38.6 Å². The molecule has 0 aliphatic heterocycles. The van der Waals surface area contributed by atoms with E-state index in [1.54, 1.807) is 0 Å². The van der Waals surface area contributed by atoms with Gasteiger partial charge >= 0.3 is 5.97 Å². The summed E-state index contributed by atoms with van der Waals surface area (Å²) in [6.07, 6.45) is 7.70. The van der Waals surface area contributed by atoms with E-state index in [1.807, 2.05) is 6.92 Å². The highest BCUT2D eigenvalue weighted by Crippen LogP contribution is 2.20. The number of carbonyl (C=O) groups is 2. The van der Waals surface area contributed by atoms with Crippen molar-refractivity contribution in [3.8, 4) is 0 Å². The molecule has 3 N–H and O–H groups in total. The second-order valence-electron chi connectivity index (χ2n) is 4.65. The number of aromatic amines is 1. The first-order valence-corrected chi connectivity index (χ1v) is 6.36. The van der Waals surface area contributed by atoms with Crippen LogP contribution in [-0.4, -0.2) is 33.0 Å². The molecule has 1 amide bonds. The third-order valence-corrected chi connectivity index (χ3v) is 3.30.